The molecule has 2 aromatic rings. The number of fused-ring (bicyclic) bond motifs is 1. The third kappa shape index (κ3) is 4.17. The van der Waals surface area contributed by atoms with Crippen LogP contribution in [0.3, 0.4) is 0 Å². The van der Waals surface area contributed by atoms with Crippen LogP contribution in [0.5, 0.6) is 0 Å². The number of amides is 1. The Morgan fingerprint density at radius 1 is 1.48 bits per heavy atom. The predicted molar refractivity (Wildman–Crippen MR) is 87.5 cm³/mol. The topological polar surface area (TPSA) is 59.8 Å². The summed E-state index contributed by atoms with van der Waals surface area (Å²) in [4.78, 5) is 21.0. The highest BCUT2D eigenvalue weighted by Crippen LogP contribution is 2.19. The molecule has 0 saturated heterocycles. The Labute approximate surface area is 137 Å². The lowest BCUT2D eigenvalue weighted by atomic mass is 10.1. The summed E-state index contributed by atoms with van der Waals surface area (Å²) < 4.78 is 2.68. The maximum atomic E-state index is 12.2. The summed E-state index contributed by atoms with van der Waals surface area (Å²) in [5.41, 5.74) is 1.19. The quantitative estimate of drug-likeness (QED) is 0.838. The molecule has 0 aliphatic carbocycles. The number of aromatic nitrogens is 3. The zero-order valence-electron chi connectivity index (χ0n) is 12.3. The van der Waals surface area contributed by atoms with Crippen molar-refractivity contribution in [3.8, 4) is 0 Å². The number of alkyl halides is 1. The Morgan fingerprint density at radius 2 is 2.19 bits per heavy atom. The van der Waals surface area contributed by atoms with Crippen molar-refractivity contribution in [2.45, 2.75) is 39.3 Å². The van der Waals surface area contributed by atoms with Crippen LogP contribution in [0, 0.1) is 0 Å². The number of halogens is 2. The molecular weight excluding hydrogens is 356 g/mol. The number of pyridine rings is 1. The van der Waals surface area contributed by atoms with E-state index in [1.807, 2.05) is 31.4 Å². The van der Waals surface area contributed by atoms with E-state index in [4.69, 9.17) is 11.6 Å². The minimum atomic E-state index is -0.267. The molecule has 0 spiro atoms. The molecule has 1 amide bonds. The van der Waals surface area contributed by atoms with Crippen LogP contribution < -0.4 is 5.32 Å². The van der Waals surface area contributed by atoms with Gasteiger partial charge >= 0.3 is 0 Å². The van der Waals surface area contributed by atoms with Crippen LogP contribution in [-0.4, -0.2) is 31.9 Å². The molecule has 0 aliphatic rings. The number of nitrogens with zero attached hydrogens (tertiary/aromatic N) is 3. The Kier molecular flexibility index (Phi) is 4.88. The van der Waals surface area contributed by atoms with Crippen molar-refractivity contribution < 1.29 is 4.79 Å². The molecule has 114 valence electrons. The smallest absolute Gasteiger partial charge is 0.240 e. The number of rotatable bonds is 4. The summed E-state index contributed by atoms with van der Waals surface area (Å²) in [5.74, 6) is 1.16. The molecule has 0 atom stereocenters. The van der Waals surface area contributed by atoms with Gasteiger partial charge in [-0.15, -0.1) is 11.6 Å². The molecule has 2 rings (SSSR count). The fourth-order valence-electron chi connectivity index (χ4n) is 2.08. The molecule has 0 fully saturated rings. The largest absolute Gasteiger partial charge is 0.350 e. The first-order valence-corrected chi connectivity index (χ1v) is 8.00. The second-order valence-electron chi connectivity index (χ2n) is 5.85. The van der Waals surface area contributed by atoms with Gasteiger partial charge in [0.15, 0.2) is 5.65 Å². The van der Waals surface area contributed by atoms with E-state index in [2.05, 4.69) is 31.2 Å². The maximum absolute atomic E-state index is 12.2. The van der Waals surface area contributed by atoms with Crippen LogP contribution >= 0.6 is 27.5 Å². The van der Waals surface area contributed by atoms with Gasteiger partial charge < -0.3 is 9.88 Å². The van der Waals surface area contributed by atoms with Gasteiger partial charge in [-0.05, 0) is 42.8 Å². The molecule has 7 heteroatoms. The van der Waals surface area contributed by atoms with Crippen LogP contribution in [0.25, 0.3) is 11.2 Å². The van der Waals surface area contributed by atoms with Crippen LogP contribution in [-0.2, 0) is 17.8 Å². The zero-order valence-corrected chi connectivity index (χ0v) is 14.6. The molecule has 0 aliphatic heterocycles. The second kappa shape index (κ2) is 6.32. The van der Waals surface area contributed by atoms with E-state index in [1.54, 1.807) is 6.20 Å². The molecule has 0 bridgehead atoms. The fraction of sp³-hybridized carbons (Fsp3) is 0.500. The van der Waals surface area contributed by atoms with Crippen molar-refractivity contribution in [3.63, 3.8) is 0 Å². The molecule has 0 aromatic carbocycles. The number of nitrogens with one attached hydrogen (secondary N) is 1. The summed E-state index contributed by atoms with van der Waals surface area (Å²) in [6.45, 7) is 6.04. The van der Waals surface area contributed by atoms with Gasteiger partial charge in [0, 0.05) is 28.5 Å². The first-order valence-electron chi connectivity index (χ1n) is 6.68. The first kappa shape index (κ1) is 16.2. The summed E-state index contributed by atoms with van der Waals surface area (Å²) in [7, 11) is 0. The van der Waals surface area contributed by atoms with Crippen molar-refractivity contribution in [2.75, 3.05) is 5.88 Å². The van der Waals surface area contributed by atoms with E-state index in [0.717, 1.165) is 15.8 Å². The lowest BCUT2D eigenvalue weighted by molar-refractivity contribution is -0.123. The van der Waals surface area contributed by atoms with Crippen LogP contribution in [0.15, 0.2) is 16.7 Å². The molecule has 2 aromatic heterocycles. The number of hydrogen-bond acceptors (Lipinski definition) is 3. The Hall–Kier alpha value is -1.14. The highest BCUT2D eigenvalue weighted by Gasteiger charge is 2.18. The third-order valence-corrected chi connectivity index (χ3v) is 3.39. The minimum absolute atomic E-state index is 0.0673. The predicted octanol–water partition coefficient (Wildman–Crippen LogP) is 2.89. The summed E-state index contributed by atoms with van der Waals surface area (Å²) >= 11 is 9.21. The van der Waals surface area contributed by atoms with Gasteiger partial charge in [0.25, 0.3) is 0 Å². The molecular formula is C14H18BrClN4O. The van der Waals surface area contributed by atoms with Crippen molar-refractivity contribution in [1.82, 2.24) is 19.9 Å². The van der Waals surface area contributed by atoms with Gasteiger partial charge in [-0.2, -0.15) is 0 Å². The molecule has 1 N–H and O–H groups in total. The molecule has 0 saturated carbocycles. The van der Waals surface area contributed by atoms with E-state index in [0.29, 0.717) is 17.9 Å². The van der Waals surface area contributed by atoms with Crippen molar-refractivity contribution in [3.05, 3.63) is 22.6 Å². The summed E-state index contributed by atoms with van der Waals surface area (Å²) in [6.07, 6.45) is 2.30. The van der Waals surface area contributed by atoms with E-state index in [9.17, 15) is 4.79 Å². The first-order chi connectivity index (χ1) is 9.80. The van der Waals surface area contributed by atoms with Gasteiger partial charge in [0.2, 0.25) is 5.91 Å². The lowest BCUT2D eigenvalue weighted by Crippen LogP contribution is -2.42. The minimum Gasteiger partial charge on any atom is -0.350 e. The number of hydrogen-bond donors (Lipinski definition) is 1. The number of carbonyl (C=O) groups excluding carboxylic acids is 1. The van der Waals surface area contributed by atoms with E-state index >= 15 is 0 Å². The van der Waals surface area contributed by atoms with Crippen LogP contribution in [0.1, 0.15) is 26.6 Å². The summed E-state index contributed by atoms with van der Waals surface area (Å²) in [6, 6.07) is 1.89. The van der Waals surface area contributed by atoms with Gasteiger partial charge in [0.05, 0.1) is 0 Å². The molecule has 5 nitrogen and oxygen atoms in total. The standard InChI is InChI=1S/C14H18BrClN4O/c1-14(2,3)19-12(21)8-20-11(4-5-16)18-10-6-9(15)7-17-13(10)20/h6-7H,4-5,8H2,1-3H3,(H,19,21). The molecule has 0 radical (unpaired) electrons. The van der Waals surface area contributed by atoms with Gasteiger partial charge in [0.1, 0.15) is 17.9 Å². The normalized spacial score (nSPS) is 11.9. The Morgan fingerprint density at radius 3 is 2.81 bits per heavy atom. The summed E-state index contributed by atoms with van der Waals surface area (Å²) in [5, 5.41) is 2.95. The van der Waals surface area contributed by atoms with Gasteiger partial charge in [-0.25, -0.2) is 9.97 Å². The van der Waals surface area contributed by atoms with Crippen LogP contribution in [0.2, 0.25) is 0 Å². The van der Waals surface area contributed by atoms with Gasteiger partial charge in [-0.3, -0.25) is 4.79 Å². The van der Waals surface area contributed by atoms with Crippen molar-refractivity contribution in [2.24, 2.45) is 0 Å². The number of aryl methyl sites for hydroxylation is 1. The fourth-order valence-corrected chi connectivity index (χ4v) is 2.56. The number of carbonyl (C=O) groups is 1. The van der Waals surface area contributed by atoms with E-state index in [-0.39, 0.29) is 18.0 Å². The third-order valence-electron chi connectivity index (χ3n) is 2.76. The van der Waals surface area contributed by atoms with Gasteiger partial charge in [-0.1, -0.05) is 0 Å². The average Bonchev–Trinajstić information content (AvgIpc) is 2.64. The molecule has 0 unspecified atom stereocenters. The molecule has 2 heterocycles. The highest BCUT2D eigenvalue weighted by molar-refractivity contribution is 9.10. The maximum Gasteiger partial charge on any atom is 0.240 e. The Balaban J connectivity index is 2.36. The average molecular weight is 374 g/mol. The highest BCUT2D eigenvalue weighted by atomic mass is 79.9. The monoisotopic (exact) mass is 372 g/mol. The lowest BCUT2D eigenvalue weighted by Gasteiger charge is -2.21. The SMILES string of the molecule is CC(C)(C)NC(=O)Cn1c(CCCl)nc2cc(Br)cnc21. The van der Waals surface area contributed by atoms with Crippen LogP contribution in [0.4, 0.5) is 0 Å². The van der Waals surface area contributed by atoms with E-state index < -0.39 is 0 Å². The van der Waals surface area contributed by atoms with E-state index in [1.165, 1.54) is 0 Å². The number of imidazole rings is 1. The Bertz CT molecular complexity index is 663. The van der Waals surface area contributed by atoms with Crippen molar-refractivity contribution in [1.29, 1.82) is 0 Å². The molecule has 21 heavy (non-hydrogen) atoms. The second-order valence-corrected chi connectivity index (χ2v) is 7.14. The zero-order chi connectivity index (χ0) is 15.6. The van der Waals surface area contributed by atoms with Crippen molar-refractivity contribution >= 4 is 44.6 Å².